The average molecular weight is 530 g/mol. The van der Waals surface area contributed by atoms with E-state index >= 15 is 0 Å². The van der Waals surface area contributed by atoms with Gasteiger partial charge in [-0.25, -0.2) is 0 Å². The average Bonchev–Trinajstić information content (AvgIpc) is 3.58. The first kappa shape index (κ1) is 26.1. The fourth-order valence-electron chi connectivity index (χ4n) is 4.77. The number of rotatable bonds is 9. The van der Waals surface area contributed by atoms with Crippen molar-refractivity contribution in [2.75, 3.05) is 30.2 Å². The van der Waals surface area contributed by atoms with Crippen molar-refractivity contribution in [2.45, 2.75) is 33.2 Å². The van der Waals surface area contributed by atoms with Crippen molar-refractivity contribution in [1.82, 2.24) is 5.32 Å². The first-order valence-corrected chi connectivity index (χ1v) is 13.0. The summed E-state index contributed by atoms with van der Waals surface area (Å²) in [6.45, 7) is 4.70. The van der Waals surface area contributed by atoms with Gasteiger partial charge in [-0.1, -0.05) is 31.2 Å². The van der Waals surface area contributed by atoms with Gasteiger partial charge >= 0.3 is 0 Å². The van der Waals surface area contributed by atoms with Gasteiger partial charge in [0, 0.05) is 30.9 Å². The lowest BCUT2D eigenvalue weighted by Gasteiger charge is -2.17. The molecule has 0 spiro atoms. The number of anilines is 2. The molecular formula is C30H31N3O6. The van der Waals surface area contributed by atoms with E-state index in [1.165, 1.54) is 0 Å². The summed E-state index contributed by atoms with van der Waals surface area (Å²) in [4.78, 5) is 39.5. The molecule has 0 unspecified atom stereocenters. The maximum absolute atomic E-state index is 12.8. The Labute approximate surface area is 227 Å². The highest BCUT2D eigenvalue weighted by atomic mass is 16.7. The van der Waals surface area contributed by atoms with Gasteiger partial charge in [0.1, 0.15) is 5.75 Å². The first-order valence-electron chi connectivity index (χ1n) is 13.0. The minimum atomic E-state index is -0.444. The highest BCUT2D eigenvalue weighted by molar-refractivity contribution is 6.00. The Kier molecular flexibility index (Phi) is 7.67. The lowest BCUT2D eigenvalue weighted by molar-refractivity contribution is -0.126. The third-order valence-electron chi connectivity index (χ3n) is 6.92. The zero-order chi connectivity index (χ0) is 27.4. The summed E-state index contributed by atoms with van der Waals surface area (Å²) in [5, 5.41) is 5.86. The molecule has 3 aromatic rings. The minimum absolute atomic E-state index is 0.115. The van der Waals surface area contributed by atoms with Crippen LogP contribution in [0.15, 0.2) is 60.7 Å². The summed E-state index contributed by atoms with van der Waals surface area (Å²) in [6, 6.07) is 18.4. The van der Waals surface area contributed by atoms with Crippen LogP contribution in [0.25, 0.3) is 0 Å². The van der Waals surface area contributed by atoms with Crippen LogP contribution in [0.2, 0.25) is 0 Å². The molecule has 0 saturated carbocycles. The predicted molar refractivity (Wildman–Crippen MR) is 146 cm³/mol. The summed E-state index contributed by atoms with van der Waals surface area (Å²) >= 11 is 0. The number of benzene rings is 3. The maximum atomic E-state index is 12.8. The molecule has 39 heavy (non-hydrogen) atoms. The Hall–Kier alpha value is -4.53. The second-order valence-corrected chi connectivity index (χ2v) is 9.60. The zero-order valence-corrected chi connectivity index (χ0v) is 22.0. The van der Waals surface area contributed by atoms with E-state index in [0.29, 0.717) is 36.0 Å². The molecule has 5 rings (SSSR count). The molecule has 2 aliphatic heterocycles. The summed E-state index contributed by atoms with van der Waals surface area (Å²) in [5.41, 5.74) is 4.47. The van der Waals surface area contributed by atoms with E-state index in [1.807, 2.05) is 50.2 Å². The third-order valence-corrected chi connectivity index (χ3v) is 6.92. The van der Waals surface area contributed by atoms with Gasteiger partial charge in [0.2, 0.25) is 18.6 Å². The van der Waals surface area contributed by atoms with Gasteiger partial charge in [-0.2, -0.15) is 0 Å². The lowest BCUT2D eigenvalue weighted by Crippen LogP contribution is -2.32. The Bertz CT molecular complexity index is 1390. The monoisotopic (exact) mass is 529 g/mol. The number of carbonyl (C=O) groups is 3. The van der Waals surface area contributed by atoms with E-state index in [2.05, 4.69) is 10.6 Å². The summed E-state index contributed by atoms with van der Waals surface area (Å²) in [5.74, 6) is 0.890. The van der Waals surface area contributed by atoms with Gasteiger partial charge in [0.25, 0.3) is 5.91 Å². The molecular weight excluding hydrogens is 498 g/mol. The number of nitrogens with zero attached hydrogens (tertiary/aromatic N) is 1. The Morgan fingerprint density at radius 1 is 1.05 bits per heavy atom. The highest BCUT2D eigenvalue weighted by Gasteiger charge is 2.35. The standard InChI is InChI=1S/C30H31N3O6/c1-3-21-6-4-5-19(2)29(21)32-27(34)17-37-24-10-8-23(9-11-24)33-16-22(14-28(33)35)30(36)31-15-20-7-12-25-26(13-20)39-18-38-25/h4-13,22H,3,14-18H2,1-2H3,(H,31,36)(H,32,34)/t22-/m1/s1. The van der Waals surface area contributed by atoms with Crippen molar-refractivity contribution < 1.29 is 28.6 Å². The van der Waals surface area contributed by atoms with E-state index in [4.69, 9.17) is 14.2 Å². The number of hydrogen-bond donors (Lipinski definition) is 2. The fourth-order valence-corrected chi connectivity index (χ4v) is 4.77. The summed E-state index contributed by atoms with van der Waals surface area (Å²) in [7, 11) is 0. The van der Waals surface area contributed by atoms with E-state index in [0.717, 1.165) is 28.8 Å². The molecule has 1 saturated heterocycles. The van der Waals surface area contributed by atoms with Gasteiger partial charge in [-0.15, -0.1) is 0 Å². The number of aryl methyl sites for hydroxylation is 2. The molecule has 1 atom stereocenters. The number of hydrogen-bond acceptors (Lipinski definition) is 6. The van der Waals surface area contributed by atoms with Crippen LogP contribution in [0.1, 0.15) is 30.0 Å². The van der Waals surface area contributed by atoms with Gasteiger partial charge in [0.05, 0.1) is 5.92 Å². The topological polar surface area (TPSA) is 106 Å². The molecule has 0 radical (unpaired) electrons. The zero-order valence-electron chi connectivity index (χ0n) is 22.0. The van der Waals surface area contributed by atoms with Crippen LogP contribution in [0.4, 0.5) is 11.4 Å². The quantitative estimate of drug-likeness (QED) is 0.435. The van der Waals surface area contributed by atoms with Gasteiger partial charge in [-0.05, 0) is 66.4 Å². The van der Waals surface area contributed by atoms with E-state index < -0.39 is 5.92 Å². The summed E-state index contributed by atoms with van der Waals surface area (Å²) in [6.07, 6.45) is 0.960. The second-order valence-electron chi connectivity index (χ2n) is 9.60. The predicted octanol–water partition coefficient (Wildman–Crippen LogP) is 3.97. The molecule has 3 amide bonds. The number of fused-ring (bicyclic) bond motifs is 1. The number of carbonyl (C=O) groups excluding carboxylic acids is 3. The van der Waals surface area contributed by atoms with Crippen LogP contribution in [-0.2, 0) is 27.3 Å². The molecule has 3 aromatic carbocycles. The number of ether oxygens (including phenoxy) is 3. The molecule has 0 aliphatic carbocycles. The van der Waals surface area contributed by atoms with Crippen molar-refractivity contribution in [2.24, 2.45) is 5.92 Å². The van der Waals surface area contributed by atoms with Crippen LogP contribution >= 0.6 is 0 Å². The molecule has 202 valence electrons. The van der Waals surface area contributed by atoms with E-state index in [9.17, 15) is 14.4 Å². The van der Waals surface area contributed by atoms with Gasteiger partial charge < -0.3 is 29.7 Å². The molecule has 9 nitrogen and oxygen atoms in total. The minimum Gasteiger partial charge on any atom is -0.484 e. The lowest BCUT2D eigenvalue weighted by atomic mass is 10.1. The van der Waals surface area contributed by atoms with Crippen molar-refractivity contribution >= 4 is 29.1 Å². The molecule has 2 heterocycles. The largest absolute Gasteiger partial charge is 0.484 e. The molecule has 2 aliphatic rings. The van der Waals surface area contributed by atoms with Crippen LogP contribution in [0.5, 0.6) is 17.2 Å². The van der Waals surface area contributed by atoms with Crippen molar-refractivity contribution in [3.63, 3.8) is 0 Å². The molecule has 0 bridgehead atoms. The van der Waals surface area contributed by atoms with Gasteiger partial charge in [-0.3, -0.25) is 14.4 Å². The van der Waals surface area contributed by atoms with Gasteiger partial charge in [0.15, 0.2) is 18.1 Å². The van der Waals surface area contributed by atoms with Crippen LogP contribution < -0.4 is 29.7 Å². The number of amides is 3. The maximum Gasteiger partial charge on any atom is 0.262 e. The summed E-state index contributed by atoms with van der Waals surface area (Å²) < 4.78 is 16.4. The Morgan fingerprint density at radius 3 is 2.64 bits per heavy atom. The SMILES string of the molecule is CCc1cccc(C)c1NC(=O)COc1ccc(N2C[C@H](C(=O)NCc3ccc4c(c3)OCO4)CC2=O)cc1. The van der Waals surface area contributed by atoms with Crippen molar-refractivity contribution in [1.29, 1.82) is 0 Å². The van der Waals surface area contributed by atoms with Crippen molar-refractivity contribution in [3.8, 4) is 17.2 Å². The first-order chi connectivity index (χ1) is 18.9. The second kappa shape index (κ2) is 11.5. The van der Waals surface area contributed by atoms with Crippen LogP contribution in [-0.4, -0.2) is 37.7 Å². The number of para-hydroxylation sites is 1. The highest BCUT2D eigenvalue weighted by Crippen LogP contribution is 2.32. The smallest absolute Gasteiger partial charge is 0.262 e. The molecule has 9 heteroatoms. The van der Waals surface area contributed by atoms with E-state index in [-0.39, 0.29) is 37.5 Å². The Balaban J connectivity index is 1.11. The number of nitrogens with one attached hydrogen (secondary N) is 2. The molecule has 1 fully saturated rings. The Morgan fingerprint density at radius 2 is 1.85 bits per heavy atom. The molecule has 0 aromatic heterocycles. The fraction of sp³-hybridized carbons (Fsp3) is 0.300. The van der Waals surface area contributed by atoms with Crippen LogP contribution in [0, 0.1) is 12.8 Å². The third kappa shape index (κ3) is 5.98. The normalized spacial score (nSPS) is 15.8. The van der Waals surface area contributed by atoms with Crippen molar-refractivity contribution in [3.05, 3.63) is 77.4 Å². The molecule has 2 N–H and O–H groups in total. The van der Waals surface area contributed by atoms with Crippen LogP contribution in [0.3, 0.4) is 0 Å². The van der Waals surface area contributed by atoms with E-state index in [1.54, 1.807) is 29.2 Å².